The molecule has 0 unspecified atom stereocenters. The Morgan fingerprint density at radius 3 is 2.67 bits per heavy atom. The third-order valence-electron chi connectivity index (χ3n) is 1.50. The number of carbonyl (C=O) groups excluding carboxylic acids is 1. The van der Waals surface area contributed by atoms with E-state index in [2.05, 4.69) is 4.74 Å². The molecule has 0 bridgehead atoms. The van der Waals surface area contributed by atoms with Crippen molar-refractivity contribution in [3.05, 3.63) is 12.4 Å². The minimum atomic E-state index is -0.204. The zero-order valence-corrected chi connectivity index (χ0v) is 8.90. The highest BCUT2D eigenvalue weighted by atomic mass is 79.9. The van der Waals surface area contributed by atoms with E-state index in [1.807, 2.05) is 29.2 Å². The molecule has 0 N–H and O–H groups in total. The number of halogens is 1. The van der Waals surface area contributed by atoms with Crippen LogP contribution < -0.4 is 0 Å². The van der Waals surface area contributed by atoms with Crippen molar-refractivity contribution in [3.8, 4) is 0 Å². The van der Waals surface area contributed by atoms with Crippen LogP contribution in [0.5, 0.6) is 0 Å². The van der Waals surface area contributed by atoms with Crippen molar-refractivity contribution < 1.29 is 9.53 Å². The third kappa shape index (κ3) is 3.13. The van der Waals surface area contributed by atoms with Crippen molar-refractivity contribution >= 4 is 23.0 Å². The molecular formula is C7H13BrN2O2. The van der Waals surface area contributed by atoms with Crippen LogP contribution in [0.3, 0.4) is 0 Å². The standard InChI is InChI=1S/C7H12N2O2.BrH/c1-8-3-4-9(6-8)5-7(10)11-2;/h3-4H,5-6H2,1-2H3;1H. The van der Waals surface area contributed by atoms with E-state index in [1.165, 1.54) is 7.11 Å². The minimum absolute atomic E-state index is 0. The fourth-order valence-electron chi connectivity index (χ4n) is 0.922. The molecule has 0 saturated carbocycles. The molecule has 1 heterocycles. The number of ether oxygens (including phenoxy) is 1. The van der Waals surface area contributed by atoms with Crippen LogP contribution in [0.4, 0.5) is 0 Å². The van der Waals surface area contributed by atoms with E-state index in [1.54, 1.807) is 0 Å². The molecule has 1 aliphatic heterocycles. The average molecular weight is 237 g/mol. The van der Waals surface area contributed by atoms with Gasteiger partial charge in [-0.15, -0.1) is 17.0 Å². The molecule has 4 nitrogen and oxygen atoms in total. The van der Waals surface area contributed by atoms with E-state index in [4.69, 9.17) is 0 Å². The highest BCUT2D eigenvalue weighted by Crippen LogP contribution is 2.02. The van der Waals surface area contributed by atoms with Crippen LogP contribution in [0.2, 0.25) is 0 Å². The number of hydrogen-bond acceptors (Lipinski definition) is 4. The molecule has 70 valence electrons. The van der Waals surface area contributed by atoms with Gasteiger partial charge in [-0.3, -0.25) is 4.79 Å². The van der Waals surface area contributed by atoms with Crippen molar-refractivity contribution in [3.63, 3.8) is 0 Å². The maximum atomic E-state index is 10.8. The summed E-state index contributed by atoms with van der Waals surface area (Å²) in [5.74, 6) is -0.204. The van der Waals surface area contributed by atoms with Gasteiger partial charge >= 0.3 is 5.97 Å². The Morgan fingerprint density at radius 2 is 2.25 bits per heavy atom. The molecular weight excluding hydrogens is 224 g/mol. The topological polar surface area (TPSA) is 32.8 Å². The first kappa shape index (κ1) is 11.3. The van der Waals surface area contributed by atoms with E-state index in [0.29, 0.717) is 6.54 Å². The SMILES string of the molecule is Br.COC(=O)CN1C=CN(C)C1. The molecule has 0 aromatic rings. The van der Waals surface area contributed by atoms with E-state index in [-0.39, 0.29) is 23.0 Å². The summed E-state index contributed by atoms with van der Waals surface area (Å²) in [5, 5.41) is 0. The maximum Gasteiger partial charge on any atom is 0.325 e. The summed E-state index contributed by atoms with van der Waals surface area (Å²) >= 11 is 0. The Bertz CT molecular complexity index is 184. The molecule has 0 spiro atoms. The second-order valence-electron chi connectivity index (χ2n) is 2.52. The van der Waals surface area contributed by atoms with Crippen LogP contribution in [0.1, 0.15) is 0 Å². The average Bonchev–Trinajstić information content (AvgIpc) is 2.35. The Kier molecular flexibility index (Phi) is 4.73. The van der Waals surface area contributed by atoms with Gasteiger partial charge in [0.25, 0.3) is 0 Å². The highest BCUT2D eigenvalue weighted by molar-refractivity contribution is 8.93. The lowest BCUT2D eigenvalue weighted by Gasteiger charge is -2.15. The number of carbonyl (C=O) groups is 1. The second-order valence-corrected chi connectivity index (χ2v) is 2.52. The fraction of sp³-hybridized carbons (Fsp3) is 0.571. The number of nitrogens with zero attached hydrogens (tertiary/aromatic N) is 2. The Labute approximate surface area is 82.5 Å². The van der Waals surface area contributed by atoms with Gasteiger partial charge in [-0.2, -0.15) is 0 Å². The second kappa shape index (κ2) is 5.03. The first-order chi connectivity index (χ1) is 5.22. The summed E-state index contributed by atoms with van der Waals surface area (Å²) in [6.07, 6.45) is 3.79. The van der Waals surface area contributed by atoms with Gasteiger partial charge in [0.15, 0.2) is 0 Å². The largest absolute Gasteiger partial charge is 0.468 e. The highest BCUT2D eigenvalue weighted by Gasteiger charge is 2.11. The van der Waals surface area contributed by atoms with Crippen LogP contribution >= 0.6 is 17.0 Å². The van der Waals surface area contributed by atoms with Gasteiger partial charge in [0.05, 0.1) is 13.8 Å². The van der Waals surface area contributed by atoms with Crippen LogP contribution in [-0.2, 0) is 9.53 Å². The Morgan fingerprint density at radius 1 is 1.58 bits per heavy atom. The molecule has 0 saturated heterocycles. The predicted octanol–water partition coefficient (Wildman–Crippen LogP) is 0.413. The van der Waals surface area contributed by atoms with Crippen molar-refractivity contribution in [2.24, 2.45) is 0 Å². The molecule has 0 amide bonds. The van der Waals surface area contributed by atoms with Crippen molar-refractivity contribution in [1.29, 1.82) is 0 Å². The van der Waals surface area contributed by atoms with Gasteiger partial charge in [-0.05, 0) is 0 Å². The molecule has 0 aromatic heterocycles. The lowest BCUT2D eigenvalue weighted by Crippen LogP contribution is -2.28. The fourth-order valence-corrected chi connectivity index (χ4v) is 0.922. The van der Waals surface area contributed by atoms with Gasteiger partial charge in [0.2, 0.25) is 0 Å². The zero-order chi connectivity index (χ0) is 8.27. The quantitative estimate of drug-likeness (QED) is 0.651. The molecule has 1 rings (SSSR count). The van der Waals surface area contributed by atoms with E-state index < -0.39 is 0 Å². The number of methoxy groups -OCH3 is 1. The lowest BCUT2D eigenvalue weighted by molar-refractivity contribution is -0.141. The first-order valence-electron chi connectivity index (χ1n) is 3.42. The van der Waals surface area contributed by atoms with Gasteiger partial charge in [0.1, 0.15) is 6.54 Å². The van der Waals surface area contributed by atoms with Crippen LogP contribution in [0.25, 0.3) is 0 Å². The molecule has 0 fully saturated rings. The van der Waals surface area contributed by atoms with Crippen molar-refractivity contribution in [2.45, 2.75) is 0 Å². The smallest absolute Gasteiger partial charge is 0.325 e. The van der Waals surface area contributed by atoms with Crippen LogP contribution in [0, 0.1) is 0 Å². The summed E-state index contributed by atoms with van der Waals surface area (Å²) in [7, 11) is 3.35. The molecule has 0 radical (unpaired) electrons. The summed E-state index contributed by atoms with van der Waals surface area (Å²) in [4.78, 5) is 14.6. The normalized spacial score (nSPS) is 14.5. The molecule has 5 heteroatoms. The molecule has 1 aliphatic rings. The molecule has 12 heavy (non-hydrogen) atoms. The van der Waals surface area contributed by atoms with Crippen LogP contribution in [0.15, 0.2) is 12.4 Å². The molecule has 0 aromatic carbocycles. The molecule has 0 aliphatic carbocycles. The first-order valence-corrected chi connectivity index (χ1v) is 3.42. The van der Waals surface area contributed by atoms with Gasteiger partial charge < -0.3 is 14.5 Å². The van der Waals surface area contributed by atoms with E-state index >= 15 is 0 Å². The molecule has 0 atom stereocenters. The summed E-state index contributed by atoms with van der Waals surface area (Å²) < 4.78 is 4.51. The van der Waals surface area contributed by atoms with Crippen molar-refractivity contribution in [2.75, 3.05) is 27.4 Å². The predicted molar refractivity (Wildman–Crippen MR) is 50.8 cm³/mol. The lowest BCUT2D eigenvalue weighted by atomic mass is 10.6. The van der Waals surface area contributed by atoms with E-state index in [9.17, 15) is 4.79 Å². The van der Waals surface area contributed by atoms with Gasteiger partial charge in [0, 0.05) is 19.4 Å². The summed E-state index contributed by atoms with van der Waals surface area (Å²) in [6, 6.07) is 0. The Hall–Kier alpha value is -0.710. The zero-order valence-electron chi connectivity index (χ0n) is 7.19. The number of esters is 1. The third-order valence-corrected chi connectivity index (χ3v) is 1.50. The summed E-state index contributed by atoms with van der Waals surface area (Å²) in [5.41, 5.74) is 0. The minimum Gasteiger partial charge on any atom is -0.468 e. The number of rotatable bonds is 2. The summed E-state index contributed by atoms with van der Waals surface area (Å²) in [6.45, 7) is 1.09. The van der Waals surface area contributed by atoms with Crippen LogP contribution in [-0.4, -0.2) is 43.1 Å². The number of hydrogen-bond donors (Lipinski definition) is 0. The van der Waals surface area contributed by atoms with Gasteiger partial charge in [-0.25, -0.2) is 0 Å². The van der Waals surface area contributed by atoms with Gasteiger partial charge in [-0.1, -0.05) is 0 Å². The maximum absolute atomic E-state index is 10.8. The monoisotopic (exact) mass is 236 g/mol. The van der Waals surface area contributed by atoms with E-state index in [0.717, 1.165) is 6.67 Å². The van der Waals surface area contributed by atoms with Crippen molar-refractivity contribution in [1.82, 2.24) is 9.80 Å². The Balaban J connectivity index is 0.00000121.